The Hall–Kier alpha value is -2.09. The van der Waals surface area contributed by atoms with Gasteiger partial charge in [-0.1, -0.05) is 6.92 Å². The van der Waals surface area contributed by atoms with Crippen molar-refractivity contribution in [2.24, 2.45) is 0 Å². The van der Waals surface area contributed by atoms with Gasteiger partial charge >= 0.3 is 12.0 Å². The van der Waals surface area contributed by atoms with Gasteiger partial charge in [-0.2, -0.15) is 0 Å². The summed E-state index contributed by atoms with van der Waals surface area (Å²) in [4.78, 5) is 31.9. The van der Waals surface area contributed by atoms with Crippen LogP contribution in [0.15, 0.2) is 12.4 Å². The Morgan fingerprint density at radius 3 is 3.10 bits per heavy atom. The van der Waals surface area contributed by atoms with Gasteiger partial charge in [-0.3, -0.25) is 4.79 Å². The van der Waals surface area contributed by atoms with Crippen molar-refractivity contribution >= 4 is 12.0 Å². The first kappa shape index (κ1) is 15.3. The Bertz CT molecular complexity index is 477. The van der Waals surface area contributed by atoms with Crippen LogP contribution < -0.4 is 5.32 Å². The molecule has 8 heteroatoms. The van der Waals surface area contributed by atoms with Crippen LogP contribution in [0.4, 0.5) is 4.79 Å². The topological polar surface area (TPSA) is 108 Å². The summed E-state index contributed by atoms with van der Waals surface area (Å²) in [5.41, 5.74) is 0. The quantitative estimate of drug-likeness (QED) is 0.743. The molecular weight excluding hydrogens is 276 g/mol. The first-order valence-electron chi connectivity index (χ1n) is 6.97. The number of aromatic nitrogens is 2. The minimum atomic E-state index is -0.943. The van der Waals surface area contributed by atoms with E-state index in [0.29, 0.717) is 25.4 Å². The van der Waals surface area contributed by atoms with Crippen LogP contribution in [-0.4, -0.2) is 57.8 Å². The smallest absolute Gasteiger partial charge is 0.318 e. The number of H-pyrrole nitrogens is 1. The van der Waals surface area contributed by atoms with Crippen LogP contribution in [0.3, 0.4) is 0 Å². The molecule has 0 radical (unpaired) electrons. The Morgan fingerprint density at radius 1 is 1.67 bits per heavy atom. The van der Waals surface area contributed by atoms with Gasteiger partial charge in [0.05, 0.1) is 31.7 Å². The summed E-state index contributed by atoms with van der Waals surface area (Å²) in [5, 5.41) is 11.8. The van der Waals surface area contributed by atoms with Crippen LogP contribution in [0.25, 0.3) is 0 Å². The summed E-state index contributed by atoms with van der Waals surface area (Å²) >= 11 is 0. The molecule has 2 atom stereocenters. The summed E-state index contributed by atoms with van der Waals surface area (Å²) in [7, 11) is 0. The van der Waals surface area contributed by atoms with Crippen LogP contribution in [-0.2, 0) is 9.53 Å². The summed E-state index contributed by atoms with van der Waals surface area (Å²) in [6.07, 6.45) is 3.90. The lowest BCUT2D eigenvalue weighted by molar-refractivity contribution is -0.139. The average Bonchev–Trinajstić information content (AvgIpc) is 2.98. The number of carbonyl (C=O) groups is 2. The van der Waals surface area contributed by atoms with Crippen molar-refractivity contribution < 1.29 is 19.4 Å². The summed E-state index contributed by atoms with van der Waals surface area (Å²) in [6, 6.07) is -0.945. The fourth-order valence-corrected chi connectivity index (χ4v) is 2.36. The van der Waals surface area contributed by atoms with Gasteiger partial charge in [-0.25, -0.2) is 9.78 Å². The van der Waals surface area contributed by atoms with Gasteiger partial charge in [0.1, 0.15) is 5.82 Å². The number of amides is 2. The number of carboxylic acids is 1. The molecule has 0 saturated carbocycles. The maximum atomic E-state index is 12.4. The fourth-order valence-electron chi connectivity index (χ4n) is 2.36. The lowest BCUT2D eigenvalue weighted by Crippen LogP contribution is -2.53. The third-order valence-electron chi connectivity index (χ3n) is 3.45. The van der Waals surface area contributed by atoms with Gasteiger partial charge in [0.2, 0.25) is 0 Å². The second-order valence-electron chi connectivity index (χ2n) is 4.90. The molecule has 1 saturated heterocycles. The predicted molar refractivity (Wildman–Crippen MR) is 73.7 cm³/mol. The molecule has 0 aliphatic carbocycles. The minimum absolute atomic E-state index is 0.120. The number of aromatic amines is 1. The van der Waals surface area contributed by atoms with Crippen molar-refractivity contribution in [1.82, 2.24) is 20.2 Å². The number of carboxylic acid groups (broad SMARTS) is 1. The monoisotopic (exact) mass is 296 g/mol. The molecular formula is C13H20N4O4. The van der Waals surface area contributed by atoms with Crippen molar-refractivity contribution in [2.75, 3.05) is 19.8 Å². The third-order valence-corrected chi connectivity index (χ3v) is 3.45. The van der Waals surface area contributed by atoms with E-state index in [9.17, 15) is 9.59 Å². The highest BCUT2D eigenvalue weighted by molar-refractivity contribution is 5.76. The highest BCUT2D eigenvalue weighted by Gasteiger charge is 2.30. The molecule has 1 aromatic heterocycles. The van der Waals surface area contributed by atoms with Crippen LogP contribution in [0.5, 0.6) is 0 Å². The number of rotatable bonds is 5. The van der Waals surface area contributed by atoms with E-state index in [4.69, 9.17) is 9.84 Å². The average molecular weight is 296 g/mol. The van der Waals surface area contributed by atoms with E-state index in [1.54, 1.807) is 12.4 Å². The van der Waals surface area contributed by atoms with E-state index in [1.807, 2.05) is 6.92 Å². The van der Waals surface area contributed by atoms with E-state index in [1.165, 1.54) is 4.90 Å². The number of morpholine rings is 1. The molecule has 2 heterocycles. The minimum Gasteiger partial charge on any atom is -0.481 e. The zero-order chi connectivity index (χ0) is 15.2. The zero-order valence-electron chi connectivity index (χ0n) is 11.9. The number of aliphatic carboxylic acids is 1. The van der Waals surface area contributed by atoms with Gasteiger partial charge in [0.15, 0.2) is 0 Å². The number of urea groups is 1. The van der Waals surface area contributed by atoms with Crippen LogP contribution in [0.1, 0.15) is 31.6 Å². The number of carbonyl (C=O) groups excluding carboxylic acids is 1. The van der Waals surface area contributed by atoms with Crippen molar-refractivity contribution in [3.8, 4) is 0 Å². The van der Waals surface area contributed by atoms with E-state index in [-0.39, 0.29) is 25.1 Å². The lowest BCUT2D eigenvalue weighted by Gasteiger charge is -2.35. The molecule has 1 aliphatic heterocycles. The maximum absolute atomic E-state index is 12.4. The first-order chi connectivity index (χ1) is 10.1. The van der Waals surface area contributed by atoms with Crippen LogP contribution >= 0.6 is 0 Å². The number of ether oxygens (including phenoxy) is 1. The van der Waals surface area contributed by atoms with Crippen molar-refractivity contribution in [1.29, 1.82) is 0 Å². The highest BCUT2D eigenvalue weighted by atomic mass is 16.5. The van der Waals surface area contributed by atoms with Gasteiger partial charge in [-0.05, 0) is 6.42 Å². The second kappa shape index (κ2) is 7.07. The van der Waals surface area contributed by atoms with Crippen LogP contribution in [0.2, 0.25) is 0 Å². The molecule has 1 fully saturated rings. The second-order valence-corrected chi connectivity index (χ2v) is 4.90. The normalized spacial score (nSPS) is 20.0. The third kappa shape index (κ3) is 3.94. The molecule has 0 aromatic carbocycles. The molecule has 2 rings (SSSR count). The van der Waals surface area contributed by atoms with Crippen LogP contribution in [0, 0.1) is 0 Å². The summed E-state index contributed by atoms with van der Waals surface area (Å²) in [6.45, 7) is 3.00. The maximum Gasteiger partial charge on any atom is 0.318 e. The number of hydrogen-bond acceptors (Lipinski definition) is 4. The molecule has 1 aromatic rings. The number of imidazole rings is 1. The fraction of sp³-hybridized carbons (Fsp3) is 0.615. The Balaban J connectivity index is 2.01. The van der Waals surface area contributed by atoms with Crippen molar-refractivity contribution in [3.63, 3.8) is 0 Å². The molecule has 8 nitrogen and oxygen atoms in total. The Kier molecular flexibility index (Phi) is 5.15. The number of nitrogens with zero attached hydrogens (tertiary/aromatic N) is 2. The Morgan fingerprint density at radius 2 is 2.48 bits per heavy atom. The highest BCUT2D eigenvalue weighted by Crippen LogP contribution is 2.15. The molecule has 2 amide bonds. The largest absolute Gasteiger partial charge is 0.481 e. The summed E-state index contributed by atoms with van der Waals surface area (Å²) < 4.78 is 5.26. The van der Waals surface area contributed by atoms with Gasteiger partial charge in [-0.15, -0.1) is 0 Å². The van der Waals surface area contributed by atoms with E-state index in [2.05, 4.69) is 15.3 Å². The lowest BCUT2D eigenvalue weighted by atomic mass is 10.1. The van der Waals surface area contributed by atoms with E-state index >= 15 is 0 Å². The standard InChI is InChI=1S/C13H20N4O4/c1-2-10(12-14-3-4-15-12)16-13(20)17-5-6-21-8-9(17)7-11(18)19/h3-4,9-10H,2,5-8H2,1H3,(H,14,15)(H,16,20)(H,18,19). The molecule has 21 heavy (non-hydrogen) atoms. The number of hydrogen-bond donors (Lipinski definition) is 3. The molecule has 116 valence electrons. The number of nitrogens with one attached hydrogen (secondary N) is 2. The SMILES string of the molecule is CCC(NC(=O)N1CCOCC1CC(=O)O)c1ncc[nH]1. The van der Waals surface area contributed by atoms with Crippen molar-refractivity contribution in [3.05, 3.63) is 18.2 Å². The van der Waals surface area contributed by atoms with Gasteiger partial charge in [0.25, 0.3) is 0 Å². The first-order valence-corrected chi connectivity index (χ1v) is 6.97. The van der Waals surface area contributed by atoms with Gasteiger partial charge in [0, 0.05) is 18.9 Å². The predicted octanol–water partition coefficient (Wildman–Crippen LogP) is 0.746. The molecule has 0 bridgehead atoms. The molecule has 2 unspecified atom stereocenters. The zero-order valence-corrected chi connectivity index (χ0v) is 11.9. The van der Waals surface area contributed by atoms with E-state index < -0.39 is 12.0 Å². The van der Waals surface area contributed by atoms with Crippen molar-refractivity contribution in [2.45, 2.75) is 31.8 Å². The van der Waals surface area contributed by atoms with E-state index in [0.717, 1.165) is 0 Å². The Labute approximate surface area is 122 Å². The summed E-state index contributed by atoms with van der Waals surface area (Å²) in [5.74, 6) is -0.254. The van der Waals surface area contributed by atoms with Gasteiger partial charge < -0.3 is 25.0 Å². The molecule has 3 N–H and O–H groups in total. The molecule has 1 aliphatic rings. The molecule has 0 spiro atoms.